The molecule has 0 aliphatic heterocycles. The molecular weight excluding hydrogens is 388 g/mol. The Labute approximate surface area is 137 Å². The average Bonchev–Trinajstić information content (AvgIpc) is 2.38. The highest BCUT2D eigenvalue weighted by molar-refractivity contribution is 9.11. The lowest BCUT2D eigenvalue weighted by Gasteiger charge is -2.19. The van der Waals surface area contributed by atoms with Crippen LogP contribution in [0.2, 0.25) is 0 Å². The van der Waals surface area contributed by atoms with Gasteiger partial charge < -0.3 is 15.0 Å². The molecule has 0 radical (unpaired) electrons. The minimum atomic E-state index is -0.239. The van der Waals surface area contributed by atoms with Crippen molar-refractivity contribution < 1.29 is 9.53 Å². The van der Waals surface area contributed by atoms with Crippen LogP contribution in [0.4, 0.5) is 0 Å². The van der Waals surface area contributed by atoms with Crippen LogP contribution in [0.5, 0.6) is 5.75 Å². The van der Waals surface area contributed by atoms with Gasteiger partial charge >= 0.3 is 0 Å². The van der Waals surface area contributed by atoms with Crippen LogP contribution in [-0.4, -0.2) is 37.6 Å². The molecule has 6 heteroatoms. The number of benzene rings is 1. The summed E-state index contributed by atoms with van der Waals surface area (Å²) < 4.78 is 7.53. The van der Waals surface area contributed by atoms with E-state index in [1.54, 1.807) is 19.0 Å². The Balaban J connectivity index is 2.84. The Kier molecular flexibility index (Phi) is 6.99. The lowest BCUT2D eigenvalue weighted by Crippen LogP contribution is -2.41. The van der Waals surface area contributed by atoms with Gasteiger partial charge in [0.25, 0.3) is 0 Å². The van der Waals surface area contributed by atoms with E-state index in [2.05, 4.69) is 37.2 Å². The molecule has 0 heterocycles. The number of halogens is 2. The molecule has 0 aliphatic rings. The summed E-state index contributed by atoms with van der Waals surface area (Å²) in [6, 6.07) is 3.70. The minimum absolute atomic E-state index is 0.0528. The summed E-state index contributed by atoms with van der Waals surface area (Å²) in [5.41, 5.74) is 1.01. The molecule has 112 valence electrons. The van der Waals surface area contributed by atoms with Crippen molar-refractivity contribution in [3.8, 4) is 5.75 Å². The monoisotopic (exact) mass is 406 g/mol. The van der Waals surface area contributed by atoms with Gasteiger partial charge in [-0.25, -0.2) is 0 Å². The lowest BCUT2D eigenvalue weighted by molar-refractivity contribution is -0.130. The maximum Gasteiger partial charge on any atom is 0.238 e. The van der Waals surface area contributed by atoms with E-state index >= 15 is 0 Å². The van der Waals surface area contributed by atoms with Crippen molar-refractivity contribution in [2.24, 2.45) is 0 Å². The first-order chi connectivity index (χ1) is 9.36. The molecule has 20 heavy (non-hydrogen) atoms. The second-order valence-electron chi connectivity index (χ2n) is 4.64. The zero-order valence-electron chi connectivity index (χ0n) is 12.2. The molecule has 0 spiro atoms. The van der Waals surface area contributed by atoms with Crippen molar-refractivity contribution in [2.45, 2.75) is 26.4 Å². The third kappa shape index (κ3) is 4.75. The predicted molar refractivity (Wildman–Crippen MR) is 88.0 cm³/mol. The molecule has 0 aliphatic carbocycles. The van der Waals surface area contributed by atoms with E-state index in [-0.39, 0.29) is 11.9 Å². The van der Waals surface area contributed by atoms with E-state index in [0.717, 1.165) is 20.3 Å². The summed E-state index contributed by atoms with van der Waals surface area (Å²) in [6.07, 6.45) is 0. The Morgan fingerprint density at radius 1 is 1.40 bits per heavy atom. The van der Waals surface area contributed by atoms with Crippen LogP contribution in [0.3, 0.4) is 0 Å². The van der Waals surface area contributed by atoms with Crippen LogP contribution in [0.25, 0.3) is 0 Å². The van der Waals surface area contributed by atoms with Crippen LogP contribution in [-0.2, 0) is 11.3 Å². The number of nitrogens with one attached hydrogen (secondary N) is 1. The molecule has 1 N–H and O–H groups in total. The van der Waals surface area contributed by atoms with Gasteiger partial charge in [0.15, 0.2) is 0 Å². The Bertz CT molecular complexity index is 478. The maximum absolute atomic E-state index is 11.8. The molecule has 0 saturated heterocycles. The Morgan fingerprint density at radius 3 is 2.60 bits per heavy atom. The molecular formula is C14H20Br2N2O2. The molecule has 0 saturated carbocycles. The zero-order valence-corrected chi connectivity index (χ0v) is 15.3. The predicted octanol–water partition coefficient (Wildman–Crippen LogP) is 3.18. The highest BCUT2D eigenvalue weighted by Gasteiger charge is 2.16. The highest BCUT2D eigenvalue weighted by atomic mass is 79.9. The molecule has 1 atom stereocenters. The topological polar surface area (TPSA) is 41.6 Å². The average molecular weight is 408 g/mol. The second-order valence-corrected chi connectivity index (χ2v) is 6.41. The minimum Gasteiger partial charge on any atom is -0.492 e. The van der Waals surface area contributed by atoms with Crippen LogP contribution in [0, 0.1) is 0 Å². The van der Waals surface area contributed by atoms with Crippen molar-refractivity contribution >= 4 is 37.8 Å². The second kappa shape index (κ2) is 8.00. The van der Waals surface area contributed by atoms with Crippen molar-refractivity contribution in [1.29, 1.82) is 0 Å². The molecule has 1 amide bonds. The summed E-state index contributed by atoms with van der Waals surface area (Å²) >= 11 is 6.97. The Hall–Kier alpha value is -0.590. The molecule has 0 fully saturated rings. The molecule has 1 rings (SSSR count). The molecule has 1 unspecified atom stereocenters. The normalized spacial score (nSPS) is 12.1. The van der Waals surface area contributed by atoms with Gasteiger partial charge in [-0.05, 0) is 41.9 Å². The third-order valence-electron chi connectivity index (χ3n) is 2.78. The molecule has 0 aromatic heterocycles. The number of hydrogen-bond acceptors (Lipinski definition) is 3. The first kappa shape index (κ1) is 17.5. The van der Waals surface area contributed by atoms with E-state index in [0.29, 0.717) is 13.2 Å². The number of carbonyl (C=O) groups is 1. The van der Waals surface area contributed by atoms with E-state index in [4.69, 9.17) is 4.74 Å². The van der Waals surface area contributed by atoms with Gasteiger partial charge in [-0.3, -0.25) is 4.79 Å². The molecule has 4 nitrogen and oxygen atoms in total. The fourth-order valence-corrected chi connectivity index (χ4v) is 3.22. The number of nitrogens with zero attached hydrogens (tertiary/aromatic N) is 1. The Morgan fingerprint density at radius 2 is 2.05 bits per heavy atom. The smallest absolute Gasteiger partial charge is 0.238 e. The van der Waals surface area contributed by atoms with Crippen LogP contribution in [0.1, 0.15) is 19.4 Å². The number of rotatable bonds is 6. The van der Waals surface area contributed by atoms with E-state index in [1.165, 1.54) is 0 Å². The maximum atomic E-state index is 11.8. The fourth-order valence-electron chi connectivity index (χ4n) is 1.79. The van der Waals surface area contributed by atoms with Crippen molar-refractivity contribution in [1.82, 2.24) is 10.2 Å². The quantitative estimate of drug-likeness (QED) is 0.787. The van der Waals surface area contributed by atoms with Crippen LogP contribution >= 0.6 is 31.9 Å². The number of ether oxygens (including phenoxy) is 1. The van der Waals surface area contributed by atoms with Crippen molar-refractivity contribution in [3.05, 3.63) is 26.6 Å². The van der Waals surface area contributed by atoms with Gasteiger partial charge in [-0.1, -0.05) is 15.9 Å². The highest BCUT2D eigenvalue weighted by Crippen LogP contribution is 2.33. The molecule has 1 aromatic rings. The van der Waals surface area contributed by atoms with Gasteiger partial charge in [-0.15, -0.1) is 0 Å². The lowest BCUT2D eigenvalue weighted by atomic mass is 10.2. The van der Waals surface area contributed by atoms with Gasteiger partial charge in [0.2, 0.25) is 5.91 Å². The first-order valence-electron chi connectivity index (χ1n) is 6.42. The third-order valence-corrected chi connectivity index (χ3v) is 3.83. The summed E-state index contributed by atoms with van der Waals surface area (Å²) in [5.74, 6) is 0.865. The summed E-state index contributed by atoms with van der Waals surface area (Å²) in [4.78, 5) is 13.4. The van der Waals surface area contributed by atoms with Gasteiger partial charge in [-0.2, -0.15) is 0 Å². The van der Waals surface area contributed by atoms with Gasteiger partial charge in [0.1, 0.15) is 5.75 Å². The van der Waals surface area contributed by atoms with Crippen molar-refractivity contribution in [2.75, 3.05) is 20.7 Å². The standard InChI is InChI=1S/C14H20Br2N2O2/c1-5-20-13-10(6-11(15)7-12(13)16)8-17-9(2)14(19)18(3)4/h6-7,9,17H,5,8H2,1-4H3. The summed E-state index contributed by atoms with van der Waals surface area (Å²) in [7, 11) is 3.50. The first-order valence-corrected chi connectivity index (χ1v) is 8.00. The molecule has 0 bridgehead atoms. The fraction of sp³-hybridized carbons (Fsp3) is 0.500. The number of likely N-dealkylation sites (N-methyl/N-ethyl adjacent to an activating group) is 1. The number of carbonyl (C=O) groups excluding carboxylic acids is 1. The number of hydrogen-bond donors (Lipinski definition) is 1. The largest absolute Gasteiger partial charge is 0.492 e. The summed E-state index contributed by atoms with van der Waals surface area (Å²) in [5, 5.41) is 3.22. The van der Waals surface area contributed by atoms with E-state index in [9.17, 15) is 4.79 Å². The number of amides is 1. The molecule has 1 aromatic carbocycles. The SMILES string of the molecule is CCOc1c(Br)cc(Br)cc1CNC(C)C(=O)N(C)C. The summed E-state index contributed by atoms with van der Waals surface area (Å²) in [6.45, 7) is 4.97. The van der Waals surface area contributed by atoms with Crippen molar-refractivity contribution in [3.63, 3.8) is 0 Å². The van der Waals surface area contributed by atoms with Crippen LogP contribution in [0.15, 0.2) is 21.1 Å². The van der Waals surface area contributed by atoms with Crippen LogP contribution < -0.4 is 10.1 Å². The van der Waals surface area contributed by atoms with E-state index in [1.807, 2.05) is 26.0 Å². The zero-order chi connectivity index (χ0) is 15.3. The van der Waals surface area contributed by atoms with Gasteiger partial charge in [0.05, 0.1) is 17.1 Å². The van der Waals surface area contributed by atoms with E-state index < -0.39 is 0 Å². The van der Waals surface area contributed by atoms with Gasteiger partial charge in [0, 0.05) is 30.7 Å².